The Labute approximate surface area is 126 Å². The standard InChI is InChI=1S/C17H24N2O2/c1-13-12-21-16-9-5-2-6-14(16)10-19(13)11-17(20)18-15-7-3-4-8-15/h2,5-6,9,13,15H,3-4,7-8,10-12H2,1H3,(H,18,20)/t13-/m1/s1. The number of para-hydroxylation sites is 1. The Morgan fingerprint density at radius 2 is 2.10 bits per heavy atom. The summed E-state index contributed by atoms with van der Waals surface area (Å²) in [7, 11) is 0. The lowest BCUT2D eigenvalue weighted by molar-refractivity contribution is -0.123. The van der Waals surface area contributed by atoms with E-state index in [1.54, 1.807) is 0 Å². The van der Waals surface area contributed by atoms with Gasteiger partial charge in [-0.2, -0.15) is 0 Å². The van der Waals surface area contributed by atoms with Gasteiger partial charge in [0.1, 0.15) is 12.4 Å². The van der Waals surface area contributed by atoms with Gasteiger partial charge in [-0.1, -0.05) is 31.0 Å². The molecule has 4 nitrogen and oxygen atoms in total. The van der Waals surface area contributed by atoms with Crippen molar-refractivity contribution in [3.05, 3.63) is 29.8 Å². The first-order valence-corrected chi connectivity index (χ1v) is 7.96. The molecule has 0 unspecified atom stereocenters. The van der Waals surface area contributed by atoms with Crippen LogP contribution >= 0.6 is 0 Å². The van der Waals surface area contributed by atoms with E-state index >= 15 is 0 Å². The maximum Gasteiger partial charge on any atom is 0.234 e. The van der Waals surface area contributed by atoms with E-state index in [1.165, 1.54) is 12.8 Å². The van der Waals surface area contributed by atoms with Gasteiger partial charge < -0.3 is 10.1 Å². The molecule has 1 heterocycles. The van der Waals surface area contributed by atoms with Crippen LogP contribution in [-0.4, -0.2) is 36.0 Å². The van der Waals surface area contributed by atoms with Gasteiger partial charge >= 0.3 is 0 Å². The lowest BCUT2D eigenvalue weighted by Crippen LogP contribution is -2.44. The van der Waals surface area contributed by atoms with E-state index < -0.39 is 0 Å². The van der Waals surface area contributed by atoms with Gasteiger partial charge in [-0.3, -0.25) is 9.69 Å². The molecule has 1 aromatic rings. The minimum absolute atomic E-state index is 0.146. The number of ether oxygens (including phenoxy) is 1. The number of benzene rings is 1. The van der Waals surface area contributed by atoms with Gasteiger partial charge in [0.15, 0.2) is 0 Å². The number of fused-ring (bicyclic) bond motifs is 1. The molecule has 21 heavy (non-hydrogen) atoms. The molecule has 114 valence electrons. The molecular weight excluding hydrogens is 264 g/mol. The SMILES string of the molecule is C[C@@H]1COc2ccccc2CN1CC(=O)NC1CCCC1. The molecule has 3 rings (SSSR count). The average Bonchev–Trinajstić information content (AvgIpc) is 2.92. The molecule has 1 fully saturated rings. The number of nitrogens with one attached hydrogen (secondary N) is 1. The molecule has 1 aliphatic heterocycles. The van der Waals surface area contributed by atoms with E-state index in [9.17, 15) is 4.79 Å². The molecule has 2 aliphatic rings. The number of carbonyl (C=O) groups is 1. The highest BCUT2D eigenvalue weighted by atomic mass is 16.5. The van der Waals surface area contributed by atoms with E-state index in [0.29, 0.717) is 19.2 Å². The smallest absolute Gasteiger partial charge is 0.234 e. The molecule has 0 spiro atoms. The molecule has 1 aliphatic carbocycles. The summed E-state index contributed by atoms with van der Waals surface area (Å²) in [6.45, 7) is 3.98. The fraction of sp³-hybridized carbons (Fsp3) is 0.588. The molecule has 0 aromatic heterocycles. The van der Waals surface area contributed by atoms with Crippen LogP contribution in [0, 0.1) is 0 Å². The van der Waals surface area contributed by atoms with Gasteiger partial charge in [-0.15, -0.1) is 0 Å². The number of hydrogen-bond donors (Lipinski definition) is 1. The van der Waals surface area contributed by atoms with Crippen LogP contribution in [0.15, 0.2) is 24.3 Å². The van der Waals surface area contributed by atoms with Crippen molar-refractivity contribution < 1.29 is 9.53 Å². The molecule has 1 N–H and O–H groups in total. The maximum atomic E-state index is 12.2. The van der Waals surface area contributed by atoms with Gasteiger partial charge in [-0.25, -0.2) is 0 Å². The maximum absolute atomic E-state index is 12.2. The quantitative estimate of drug-likeness (QED) is 0.928. The van der Waals surface area contributed by atoms with Gasteiger partial charge in [0.25, 0.3) is 0 Å². The number of carbonyl (C=O) groups excluding carboxylic acids is 1. The van der Waals surface area contributed by atoms with Crippen LogP contribution in [0.25, 0.3) is 0 Å². The van der Waals surface area contributed by atoms with Crippen LogP contribution < -0.4 is 10.1 Å². The molecule has 1 saturated carbocycles. The second-order valence-corrected chi connectivity index (χ2v) is 6.22. The third kappa shape index (κ3) is 3.56. The Kier molecular flexibility index (Phi) is 4.44. The largest absolute Gasteiger partial charge is 0.492 e. The molecule has 0 saturated heterocycles. The summed E-state index contributed by atoms with van der Waals surface area (Å²) < 4.78 is 5.83. The van der Waals surface area contributed by atoms with Gasteiger partial charge in [0, 0.05) is 24.2 Å². The monoisotopic (exact) mass is 288 g/mol. The summed E-state index contributed by atoms with van der Waals surface area (Å²) >= 11 is 0. The van der Waals surface area contributed by atoms with Crippen molar-refractivity contribution >= 4 is 5.91 Å². The third-order valence-electron chi connectivity index (χ3n) is 4.52. The van der Waals surface area contributed by atoms with E-state index in [1.807, 2.05) is 18.2 Å². The van der Waals surface area contributed by atoms with E-state index in [0.717, 1.165) is 30.7 Å². The highest BCUT2D eigenvalue weighted by Gasteiger charge is 2.24. The van der Waals surface area contributed by atoms with Crippen LogP contribution in [-0.2, 0) is 11.3 Å². The zero-order valence-corrected chi connectivity index (χ0v) is 12.7. The average molecular weight is 288 g/mol. The number of amides is 1. The first-order valence-electron chi connectivity index (χ1n) is 7.96. The molecule has 1 amide bonds. The second-order valence-electron chi connectivity index (χ2n) is 6.22. The lowest BCUT2D eigenvalue weighted by Gasteiger charge is -2.26. The van der Waals surface area contributed by atoms with Crippen LogP contribution in [0.4, 0.5) is 0 Å². The summed E-state index contributed by atoms with van der Waals surface area (Å²) in [6, 6.07) is 8.73. The summed E-state index contributed by atoms with van der Waals surface area (Å²) in [5.41, 5.74) is 1.16. The molecule has 1 atom stereocenters. The van der Waals surface area contributed by atoms with E-state index in [2.05, 4.69) is 23.2 Å². The summed E-state index contributed by atoms with van der Waals surface area (Å²) in [5, 5.41) is 3.17. The van der Waals surface area contributed by atoms with Crippen molar-refractivity contribution in [3.63, 3.8) is 0 Å². The zero-order chi connectivity index (χ0) is 14.7. The Morgan fingerprint density at radius 1 is 1.33 bits per heavy atom. The predicted molar refractivity (Wildman–Crippen MR) is 82.2 cm³/mol. The minimum Gasteiger partial charge on any atom is -0.492 e. The van der Waals surface area contributed by atoms with E-state index in [4.69, 9.17) is 4.74 Å². The minimum atomic E-state index is 0.146. The molecule has 0 bridgehead atoms. The fourth-order valence-corrected chi connectivity index (χ4v) is 3.21. The zero-order valence-electron chi connectivity index (χ0n) is 12.7. The van der Waals surface area contributed by atoms with Crippen LogP contribution in [0.3, 0.4) is 0 Å². The molecule has 1 aromatic carbocycles. The number of rotatable bonds is 3. The second kappa shape index (κ2) is 6.48. The van der Waals surface area contributed by atoms with Gasteiger partial charge in [0.05, 0.1) is 6.54 Å². The highest BCUT2D eigenvalue weighted by molar-refractivity contribution is 5.78. The predicted octanol–water partition coefficient (Wildman–Crippen LogP) is 2.33. The van der Waals surface area contributed by atoms with Crippen LogP contribution in [0.1, 0.15) is 38.2 Å². The van der Waals surface area contributed by atoms with Crippen molar-refractivity contribution in [2.75, 3.05) is 13.2 Å². The molecular formula is C17H24N2O2. The number of nitrogens with zero attached hydrogens (tertiary/aromatic N) is 1. The number of hydrogen-bond acceptors (Lipinski definition) is 3. The first kappa shape index (κ1) is 14.4. The summed E-state index contributed by atoms with van der Waals surface area (Å²) in [4.78, 5) is 14.4. The molecule has 4 heteroatoms. The van der Waals surface area contributed by atoms with Crippen LogP contribution in [0.2, 0.25) is 0 Å². The molecule has 0 radical (unpaired) electrons. The fourth-order valence-electron chi connectivity index (χ4n) is 3.21. The topological polar surface area (TPSA) is 41.6 Å². The van der Waals surface area contributed by atoms with Gasteiger partial charge in [-0.05, 0) is 25.8 Å². The Balaban J connectivity index is 1.62. The van der Waals surface area contributed by atoms with Crippen molar-refractivity contribution in [3.8, 4) is 5.75 Å². The van der Waals surface area contributed by atoms with Gasteiger partial charge in [0.2, 0.25) is 5.91 Å². The Hall–Kier alpha value is -1.55. The van der Waals surface area contributed by atoms with Crippen molar-refractivity contribution in [1.82, 2.24) is 10.2 Å². The summed E-state index contributed by atoms with van der Waals surface area (Å²) in [5.74, 6) is 1.09. The third-order valence-corrected chi connectivity index (χ3v) is 4.52. The Bertz CT molecular complexity index is 497. The first-order chi connectivity index (χ1) is 10.2. The normalized spacial score (nSPS) is 23.2. The van der Waals surface area contributed by atoms with Crippen LogP contribution in [0.5, 0.6) is 5.75 Å². The summed E-state index contributed by atoms with van der Waals surface area (Å²) in [6.07, 6.45) is 4.75. The van der Waals surface area contributed by atoms with Crippen molar-refractivity contribution in [2.45, 2.75) is 51.2 Å². The lowest BCUT2D eigenvalue weighted by atomic mass is 10.2. The van der Waals surface area contributed by atoms with E-state index in [-0.39, 0.29) is 11.9 Å². The van der Waals surface area contributed by atoms with Crippen molar-refractivity contribution in [2.24, 2.45) is 0 Å². The highest BCUT2D eigenvalue weighted by Crippen LogP contribution is 2.24. The van der Waals surface area contributed by atoms with Crippen molar-refractivity contribution in [1.29, 1.82) is 0 Å². The Morgan fingerprint density at radius 3 is 2.90 bits per heavy atom.